The number of piperidine rings is 2. The highest BCUT2D eigenvalue weighted by Gasteiger charge is 2.50. The lowest BCUT2D eigenvalue weighted by atomic mass is 9.89. The third-order valence-corrected chi connectivity index (χ3v) is 5.73. The van der Waals surface area contributed by atoms with Gasteiger partial charge in [0.05, 0.1) is 5.52 Å². The van der Waals surface area contributed by atoms with Crippen LogP contribution in [0.15, 0.2) is 18.2 Å². The van der Waals surface area contributed by atoms with Crippen molar-refractivity contribution in [2.24, 2.45) is 5.92 Å². The predicted octanol–water partition coefficient (Wildman–Crippen LogP) is 1.79. The Bertz CT molecular complexity index is 767. The van der Waals surface area contributed by atoms with E-state index in [9.17, 15) is 4.79 Å². The molecule has 4 atom stereocenters. The number of aromatic amines is 1. The first kappa shape index (κ1) is 12.6. The highest BCUT2D eigenvalue weighted by atomic mass is 16.2. The molecule has 5 rings (SSSR count). The zero-order valence-corrected chi connectivity index (χ0v) is 12.7. The minimum absolute atomic E-state index is 0.122. The van der Waals surface area contributed by atoms with Crippen molar-refractivity contribution in [3.8, 4) is 0 Å². The molecule has 0 radical (unpaired) electrons. The normalized spacial score (nSPS) is 32.9. The fourth-order valence-electron chi connectivity index (χ4n) is 4.79. The Labute approximate surface area is 129 Å². The van der Waals surface area contributed by atoms with Crippen LogP contribution in [0.2, 0.25) is 0 Å². The van der Waals surface area contributed by atoms with Gasteiger partial charge < -0.3 is 9.80 Å². The average Bonchev–Trinajstić information content (AvgIpc) is 2.98. The summed E-state index contributed by atoms with van der Waals surface area (Å²) in [5.41, 5.74) is 2.73. The summed E-state index contributed by atoms with van der Waals surface area (Å²) in [6.07, 6.45) is 2.29. The summed E-state index contributed by atoms with van der Waals surface area (Å²) in [7, 11) is 0. The van der Waals surface area contributed by atoms with Gasteiger partial charge in [0, 0.05) is 37.1 Å². The van der Waals surface area contributed by atoms with E-state index >= 15 is 0 Å². The maximum Gasteiger partial charge on any atom is 0.275 e. The van der Waals surface area contributed by atoms with E-state index in [1.165, 1.54) is 18.5 Å². The lowest BCUT2D eigenvalue weighted by Gasteiger charge is -2.35. The van der Waals surface area contributed by atoms with Crippen LogP contribution in [0.4, 0.5) is 0 Å². The summed E-state index contributed by atoms with van der Waals surface area (Å²) in [6, 6.07) is 6.93. The molecule has 0 saturated carbocycles. The molecule has 3 fully saturated rings. The molecule has 4 heterocycles. The summed E-state index contributed by atoms with van der Waals surface area (Å²) in [5.74, 6) is 0.792. The molecule has 2 aromatic rings. The second kappa shape index (κ2) is 4.32. The van der Waals surface area contributed by atoms with Gasteiger partial charge in [0.1, 0.15) is 0 Å². The third kappa shape index (κ3) is 1.63. The molecule has 0 aliphatic carbocycles. The number of fused-ring (bicyclic) bond motifs is 3. The van der Waals surface area contributed by atoms with Gasteiger partial charge in [0.15, 0.2) is 5.69 Å². The topological polar surface area (TPSA) is 52.2 Å². The second-order valence-electron chi connectivity index (χ2n) is 7.10. The zero-order valence-electron chi connectivity index (χ0n) is 12.7. The summed E-state index contributed by atoms with van der Waals surface area (Å²) in [6.45, 7) is 5.41. The standard InChI is InChI=1S/C17H20N4O/c1-10-2-3-13-14(6-10)18-19-16(13)17(22)21-12-7-11-8-20(9-12)5-4-15(11)21/h2-3,6,11-12,15H,4-5,7-9H2,1H3,(H,18,19)/t11-,12+,15+/m1/s1. The largest absolute Gasteiger partial charge is 0.330 e. The average molecular weight is 296 g/mol. The summed E-state index contributed by atoms with van der Waals surface area (Å²) < 4.78 is 0. The molecule has 1 aromatic carbocycles. The SMILES string of the molecule is Cc1ccc2c(C(=O)N3[C@H]4C[C@@H]5CN(CC[C@@H]53)C4)n[nH]c2c1. The number of hydrogen-bond donors (Lipinski definition) is 1. The molecule has 5 nitrogen and oxygen atoms in total. The van der Waals surface area contributed by atoms with Crippen molar-refractivity contribution >= 4 is 16.8 Å². The fraction of sp³-hybridized carbons (Fsp3) is 0.529. The number of amides is 1. The molecule has 1 N–H and O–H groups in total. The van der Waals surface area contributed by atoms with Crippen molar-refractivity contribution in [1.82, 2.24) is 20.0 Å². The molecule has 1 unspecified atom stereocenters. The van der Waals surface area contributed by atoms with Crippen LogP contribution in [0, 0.1) is 12.8 Å². The molecular formula is C17H20N4O. The molecule has 3 aliphatic rings. The van der Waals surface area contributed by atoms with Crippen molar-refractivity contribution < 1.29 is 4.79 Å². The Morgan fingerprint density at radius 3 is 3.18 bits per heavy atom. The van der Waals surface area contributed by atoms with Crippen LogP contribution in [0.25, 0.3) is 10.9 Å². The quantitative estimate of drug-likeness (QED) is 0.873. The van der Waals surface area contributed by atoms with Gasteiger partial charge in [0.25, 0.3) is 5.91 Å². The maximum atomic E-state index is 13.2. The fourth-order valence-corrected chi connectivity index (χ4v) is 4.79. The summed E-state index contributed by atoms with van der Waals surface area (Å²) in [4.78, 5) is 17.8. The second-order valence-corrected chi connectivity index (χ2v) is 7.10. The Hall–Kier alpha value is -1.88. The van der Waals surface area contributed by atoms with E-state index in [-0.39, 0.29) is 5.91 Å². The Morgan fingerprint density at radius 1 is 1.36 bits per heavy atom. The van der Waals surface area contributed by atoms with Crippen LogP contribution < -0.4 is 0 Å². The molecular weight excluding hydrogens is 276 g/mol. The van der Waals surface area contributed by atoms with Crippen molar-refractivity contribution in [2.45, 2.75) is 31.8 Å². The van der Waals surface area contributed by atoms with E-state index in [1.54, 1.807) is 0 Å². The Kier molecular flexibility index (Phi) is 2.48. The van der Waals surface area contributed by atoms with Crippen LogP contribution in [0.1, 0.15) is 28.9 Å². The molecule has 3 aliphatic heterocycles. The van der Waals surface area contributed by atoms with E-state index in [2.05, 4.69) is 33.0 Å². The molecule has 0 spiro atoms. The lowest BCUT2D eigenvalue weighted by molar-refractivity contribution is 0.0668. The van der Waals surface area contributed by atoms with E-state index in [0.29, 0.717) is 23.7 Å². The van der Waals surface area contributed by atoms with E-state index in [1.807, 2.05) is 12.1 Å². The van der Waals surface area contributed by atoms with Gasteiger partial charge in [-0.1, -0.05) is 12.1 Å². The van der Waals surface area contributed by atoms with Gasteiger partial charge in [-0.3, -0.25) is 9.89 Å². The summed E-state index contributed by atoms with van der Waals surface area (Å²) in [5, 5.41) is 8.33. The minimum Gasteiger partial charge on any atom is -0.330 e. The number of nitrogens with one attached hydrogen (secondary N) is 1. The smallest absolute Gasteiger partial charge is 0.275 e. The molecule has 5 heteroatoms. The molecule has 1 amide bonds. The van der Waals surface area contributed by atoms with Crippen LogP contribution in [0.5, 0.6) is 0 Å². The number of aryl methyl sites for hydroxylation is 1. The third-order valence-electron chi connectivity index (χ3n) is 5.73. The van der Waals surface area contributed by atoms with Crippen LogP contribution in [0.3, 0.4) is 0 Å². The lowest BCUT2D eigenvalue weighted by Crippen LogP contribution is -2.44. The van der Waals surface area contributed by atoms with Gasteiger partial charge >= 0.3 is 0 Å². The number of rotatable bonds is 1. The zero-order chi connectivity index (χ0) is 14.8. The van der Waals surface area contributed by atoms with Gasteiger partial charge in [-0.2, -0.15) is 5.10 Å². The molecule has 22 heavy (non-hydrogen) atoms. The molecule has 1 aromatic heterocycles. The van der Waals surface area contributed by atoms with Crippen molar-refractivity contribution in [3.63, 3.8) is 0 Å². The number of aromatic nitrogens is 2. The number of carbonyl (C=O) groups is 1. The van der Waals surface area contributed by atoms with Crippen LogP contribution in [-0.2, 0) is 0 Å². The first-order chi connectivity index (χ1) is 10.7. The minimum atomic E-state index is 0.122. The summed E-state index contributed by atoms with van der Waals surface area (Å²) >= 11 is 0. The predicted molar refractivity (Wildman–Crippen MR) is 83.7 cm³/mol. The number of nitrogens with zero attached hydrogens (tertiary/aromatic N) is 3. The highest BCUT2D eigenvalue weighted by molar-refractivity contribution is 6.05. The van der Waals surface area contributed by atoms with E-state index in [0.717, 1.165) is 30.4 Å². The van der Waals surface area contributed by atoms with E-state index in [4.69, 9.17) is 0 Å². The maximum absolute atomic E-state index is 13.2. The molecule has 114 valence electrons. The number of hydrogen-bond acceptors (Lipinski definition) is 3. The Morgan fingerprint density at radius 2 is 2.27 bits per heavy atom. The number of H-pyrrole nitrogens is 1. The highest BCUT2D eigenvalue weighted by Crippen LogP contribution is 2.41. The number of benzene rings is 1. The van der Waals surface area contributed by atoms with Crippen molar-refractivity contribution in [2.75, 3.05) is 19.6 Å². The van der Waals surface area contributed by atoms with Gasteiger partial charge in [-0.05, 0) is 37.3 Å². The number of likely N-dealkylation sites (tertiary alicyclic amines) is 1. The van der Waals surface area contributed by atoms with E-state index < -0.39 is 0 Å². The van der Waals surface area contributed by atoms with Crippen molar-refractivity contribution in [1.29, 1.82) is 0 Å². The Balaban J connectivity index is 1.56. The van der Waals surface area contributed by atoms with Gasteiger partial charge in [-0.25, -0.2) is 0 Å². The number of carbonyl (C=O) groups excluding carboxylic acids is 1. The first-order valence-corrected chi connectivity index (χ1v) is 8.20. The first-order valence-electron chi connectivity index (χ1n) is 8.20. The van der Waals surface area contributed by atoms with Gasteiger partial charge in [0.2, 0.25) is 0 Å². The molecule has 3 bridgehead atoms. The van der Waals surface area contributed by atoms with Crippen LogP contribution in [-0.4, -0.2) is 57.6 Å². The molecule has 3 saturated heterocycles. The van der Waals surface area contributed by atoms with Gasteiger partial charge in [-0.15, -0.1) is 0 Å². The monoisotopic (exact) mass is 296 g/mol. The van der Waals surface area contributed by atoms with Crippen molar-refractivity contribution in [3.05, 3.63) is 29.5 Å². The van der Waals surface area contributed by atoms with Crippen LogP contribution >= 0.6 is 0 Å².